The maximum absolute atomic E-state index is 13.6. The molecule has 1 aliphatic heterocycles. The third kappa shape index (κ3) is 4.88. The number of aryl methyl sites for hydroxylation is 1. The van der Waals surface area contributed by atoms with Crippen molar-refractivity contribution in [2.75, 3.05) is 18.8 Å². The molecule has 8 heteroatoms. The number of amides is 1. The Bertz CT molecular complexity index is 1170. The van der Waals surface area contributed by atoms with Crippen LogP contribution in [-0.4, -0.2) is 43.4 Å². The predicted octanol–water partition coefficient (Wildman–Crippen LogP) is 3.78. The highest BCUT2D eigenvalue weighted by Crippen LogP contribution is 2.25. The summed E-state index contributed by atoms with van der Waals surface area (Å²) in [5, 5.41) is 0. The first-order valence-corrected chi connectivity index (χ1v) is 11.0. The topological polar surface area (TPSA) is 89.9 Å². The van der Waals surface area contributed by atoms with Crippen LogP contribution in [0.3, 0.4) is 0 Å². The molecule has 0 aliphatic carbocycles. The Morgan fingerprint density at radius 1 is 1.22 bits per heavy atom. The Morgan fingerprint density at radius 2 is 1.94 bits per heavy atom. The van der Waals surface area contributed by atoms with E-state index in [0.29, 0.717) is 28.5 Å². The van der Waals surface area contributed by atoms with Crippen LogP contribution in [0.4, 0.5) is 10.2 Å². The fourth-order valence-electron chi connectivity index (χ4n) is 3.76. The maximum Gasteiger partial charge on any atom is 0.298 e. The molecule has 1 saturated heterocycles. The summed E-state index contributed by atoms with van der Waals surface area (Å²) in [5.41, 5.74) is 7.55. The minimum absolute atomic E-state index is 0.158. The van der Waals surface area contributed by atoms with Gasteiger partial charge in [-0.05, 0) is 36.8 Å². The summed E-state index contributed by atoms with van der Waals surface area (Å²) >= 11 is 0. The lowest BCUT2D eigenvalue weighted by Crippen LogP contribution is -2.37. The van der Waals surface area contributed by atoms with Gasteiger partial charge in [0.15, 0.2) is 17.0 Å². The van der Waals surface area contributed by atoms with Crippen LogP contribution in [0.1, 0.15) is 45.9 Å². The normalized spacial score (nSPS) is 13.8. The quantitative estimate of drug-likeness (QED) is 0.618. The van der Waals surface area contributed by atoms with E-state index < -0.39 is 0 Å². The first-order valence-electron chi connectivity index (χ1n) is 11.0. The number of carbonyl (C=O) groups excluding carboxylic acids is 1. The summed E-state index contributed by atoms with van der Waals surface area (Å²) in [6, 6.07) is 6.14. The lowest BCUT2D eigenvalue weighted by atomic mass is 9.94. The van der Waals surface area contributed by atoms with E-state index in [1.807, 2.05) is 13.8 Å². The van der Waals surface area contributed by atoms with Gasteiger partial charge in [-0.2, -0.15) is 0 Å². The van der Waals surface area contributed by atoms with Crippen LogP contribution in [0.2, 0.25) is 0 Å². The molecule has 32 heavy (non-hydrogen) atoms. The van der Waals surface area contributed by atoms with Crippen LogP contribution in [0.5, 0.6) is 0 Å². The van der Waals surface area contributed by atoms with Crippen molar-refractivity contribution in [3.63, 3.8) is 0 Å². The van der Waals surface area contributed by atoms with Gasteiger partial charge in [0.2, 0.25) is 5.82 Å². The monoisotopic (exact) mass is 436 g/mol. The Balaban J connectivity index is 0.00000141. The molecular weight excluding hydrogens is 407 g/mol. The van der Waals surface area contributed by atoms with E-state index >= 15 is 0 Å². The van der Waals surface area contributed by atoms with E-state index in [2.05, 4.69) is 33.7 Å². The van der Waals surface area contributed by atoms with E-state index in [0.717, 1.165) is 32.4 Å². The van der Waals surface area contributed by atoms with Gasteiger partial charge in [0.25, 0.3) is 5.91 Å². The molecule has 1 amide bonds. The summed E-state index contributed by atoms with van der Waals surface area (Å²) in [7, 11) is 1.77. The number of benzene rings is 1. The van der Waals surface area contributed by atoms with Crippen LogP contribution < -0.4 is 5.73 Å². The Kier molecular flexibility index (Phi) is 7.41. The largest absolute Gasteiger partial charge is 0.382 e. The van der Waals surface area contributed by atoms with Gasteiger partial charge in [-0.3, -0.25) is 4.79 Å². The molecule has 0 atom stereocenters. The van der Waals surface area contributed by atoms with Gasteiger partial charge in [0.05, 0.1) is 0 Å². The Hall–Kier alpha value is -3.47. The van der Waals surface area contributed by atoms with Crippen LogP contribution >= 0.6 is 0 Å². The Morgan fingerprint density at radius 3 is 2.59 bits per heavy atom. The number of nitrogen functional groups attached to an aromatic ring is 1. The molecule has 1 aliphatic rings. The molecule has 0 bridgehead atoms. The summed E-state index contributed by atoms with van der Waals surface area (Å²) in [4.78, 5) is 27.3. The molecule has 1 fully saturated rings. The van der Waals surface area contributed by atoms with E-state index in [1.165, 1.54) is 12.1 Å². The maximum atomic E-state index is 13.6. The number of likely N-dealkylation sites (tertiary alicyclic amines) is 1. The SMILES string of the molecule is CC.CCC1CCN(C(=O)C#Cc2nc(N)c3nc(-c4cccc(F)c4)n(C)c3n2)CC1. The lowest BCUT2D eigenvalue weighted by Gasteiger charge is -2.29. The average Bonchev–Trinajstić information content (AvgIpc) is 3.16. The van der Waals surface area contributed by atoms with E-state index in [4.69, 9.17) is 5.73 Å². The second-order valence-electron chi connectivity index (χ2n) is 7.50. The van der Waals surface area contributed by atoms with Gasteiger partial charge in [0.1, 0.15) is 11.6 Å². The summed E-state index contributed by atoms with van der Waals surface area (Å²) < 4.78 is 15.3. The molecule has 7 nitrogen and oxygen atoms in total. The fourth-order valence-corrected chi connectivity index (χ4v) is 3.76. The standard InChI is InChI=1S/C22H23FN6O.C2H6/c1-3-14-9-11-29(12-10-14)18(30)8-7-17-25-20(24)19-22(26-17)28(2)21(27-19)15-5-4-6-16(23)13-15;1-2/h4-6,13-14H,3,9-12H2,1-2H3,(H2,24,25,26);1-2H3. The van der Waals surface area contributed by atoms with Gasteiger partial charge in [-0.25, -0.2) is 19.3 Å². The van der Waals surface area contributed by atoms with Gasteiger partial charge in [0, 0.05) is 31.6 Å². The van der Waals surface area contributed by atoms with Gasteiger partial charge in [-0.1, -0.05) is 39.3 Å². The van der Waals surface area contributed by atoms with E-state index in [1.54, 1.807) is 28.6 Å². The predicted molar refractivity (Wildman–Crippen MR) is 124 cm³/mol. The molecule has 0 spiro atoms. The van der Waals surface area contributed by atoms with Crippen molar-refractivity contribution in [3.05, 3.63) is 35.9 Å². The molecule has 4 rings (SSSR count). The summed E-state index contributed by atoms with van der Waals surface area (Å²) in [6.45, 7) is 7.64. The highest BCUT2D eigenvalue weighted by Gasteiger charge is 2.21. The molecule has 3 heterocycles. The fraction of sp³-hybridized carbons (Fsp3) is 0.417. The number of halogens is 1. The number of fused-ring (bicyclic) bond motifs is 1. The van der Waals surface area contributed by atoms with Crippen molar-refractivity contribution in [1.29, 1.82) is 0 Å². The number of anilines is 1. The molecule has 0 unspecified atom stereocenters. The minimum atomic E-state index is -0.355. The smallest absolute Gasteiger partial charge is 0.298 e. The first-order chi connectivity index (χ1) is 15.5. The van der Waals surface area contributed by atoms with Gasteiger partial charge < -0.3 is 15.2 Å². The highest BCUT2D eigenvalue weighted by atomic mass is 19.1. The van der Waals surface area contributed by atoms with Gasteiger partial charge in [-0.15, -0.1) is 0 Å². The van der Waals surface area contributed by atoms with Crippen molar-refractivity contribution in [2.24, 2.45) is 13.0 Å². The molecule has 1 aromatic carbocycles. The van der Waals surface area contributed by atoms with Crippen molar-refractivity contribution in [1.82, 2.24) is 24.4 Å². The summed E-state index contributed by atoms with van der Waals surface area (Å²) in [6.07, 6.45) is 3.16. The zero-order chi connectivity index (χ0) is 23.3. The minimum Gasteiger partial charge on any atom is -0.382 e. The Labute approximate surface area is 187 Å². The van der Waals surface area contributed by atoms with Crippen molar-refractivity contribution >= 4 is 22.9 Å². The number of piperidine rings is 1. The third-order valence-electron chi connectivity index (χ3n) is 5.59. The van der Waals surface area contributed by atoms with Crippen LogP contribution in [0.15, 0.2) is 24.3 Å². The summed E-state index contributed by atoms with van der Waals surface area (Å²) in [5.74, 6) is 6.32. The van der Waals surface area contributed by atoms with E-state index in [-0.39, 0.29) is 23.4 Å². The lowest BCUT2D eigenvalue weighted by molar-refractivity contribution is -0.126. The number of nitrogens with zero attached hydrogens (tertiary/aromatic N) is 5. The van der Waals surface area contributed by atoms with Crippen LogP contribution in [0, 0.1) is 23.6 Å². The molecule has 2 aromatic heterocycles. The molecular formula is C24H29FN6O. The van der Waals surface area contributed by atoms with Crippen molar-refractivity contribution in [2.45, 2.75) is 40.0 Å². The van der Waals surface area contributed by atoms with Crippen LogP contribution in [0.25, 0.3) is 22.6 Å². The second-order valence-corrected chi connectivity index (χ2v) is 7.50. The third-order valence-corrected chi connectivity index (χ3v) is 5.59. The average molecular weight is 437 g/mol. The number of carbonyl (C=O) groups is 1. The number of imidazole rings is 1. The number of aromatic nitrogens is 4. The number of hydrogen-bond donors (Lipinski definition) is 1. The van der Waals surface area contributed by atoms with Crippen molar-refractivity contribution in [3.8, 4) is 23.2 Å². The second kappa shape index (κ2) is 10.2. The number of nitrogens with two attached hydrogens (primary N) is 1. The number of hydrogen-bond acceptors (Lipinski definition) is 5. The number of rotatable bonds is 2. The van der Waals surface area contributed by atoms with E-state index in [9.17, 15) is 9.18 Å². The first kappa shape index (κ1) is 23.2. The molecule has 0 saturated carbocycles. The molecule has 3 aromatic rings. The van der Waals surface area contributed by atoms with Crippen LogP contribution in [-0.2, 0) is 11.8 Å². The molecule has 0 radical (unpaired) electrons. The van der Waals surface area contributed by atoms with Crippen molar-refractivity contribution < 1.29 is 9.18 Å². The highest BCUT2D eigenvalue weighted by molar-refractivity contribution is 5.94. The zero-order valence-electron chi connectivity index (χ0n) is 19.0. The van der Waals surface area contributed by atoms with Gasteiger partial charge >= 0.3 is 0 Å². The molecule has 2 N–H and O–H groups in total. The zero-order valence-corrected chi connectivity index (χ0v) is 19.0. The molecule has 168 valence electrons.